The van der Waals surface area contributed by atoms with Gasteiger partial charge in [-0.05, 0) is 6.54 Å². The molecule has 0 aliphatic heterocycles. The number of hydrogen-bond donors (Lipinski definition) is 2. The maximum absolute atomic E-state index is 10.6. The van der Waals surface area contributed by atoms with Gasteiger partial charge in [-0.2, -0.15) is 0 Å². The van der Waals surface area contributed by atoms with Gasteiger partial charge in [0.05, 0.1) is 6.54 Å². The second-order valence-corrected chi connectivity index (χ2v) is 4.07. The highest BCUT2D eigenvalue weighted by molar-refractivity contribution is 7.51. The Balaban J connectivity index is 4.00. The molecular weight excluding hydrogens is 185 g/mol. The van der Waals surface area contributed by atoms with E-state index in [-0.39, 0.29) is 6.54 Å². The third-order valence-electron chi connectivity index (χ3n) is 1.20. The van der Waals surface area contributed by atoms with E-state index in [0.29, 0.717) is 6.54 Å². The van der Waals surface area contributed by atoms with Crippen molar-refractivity contribution in [3.8, 4) is 0 Å². The quantitative estimate of drug-likeness (QED) is 0.447. The summed E-state index contributed by atoms with van der Waals surface area (Å²) < 4.78 is 10.6. The first-order valence-corrected chi connectivity index (χ1v) is 5.20. The van der Waals surface area contributed by atoms with Gasteiger partial charge in [-0.1, -0.05) is 6.92 Å². The Morgan fingerprint density at radius 3 is 2.42 bits per heavy atom. The number of carboxylic acid groups (broad SMARTS) is 1. The highest BCUT2D eigenvalue weighted by atomic mass is 31.2. The first kappa shape index (κ1) is 11.6. The van der Waals surface area contributed by atoms with Crippen LogP contribution in [0, 0.1) is 0 Å². The zero-order chi connectivity index (χ0) is 9.78. The Morgan fingerprint density at radius 2 is 2.17 bits per heavy atom. The molecule has 0 aromatic rings. The molecular formula is C5H13NO5P+. The third-order valence-corrected chi connectivity index (χ3v) is 1.98. The lowest BCUT2D eigenvalue weighted by Crippen LogP contribution is -2.30. The summed E-state index contributed by atoms with van der Waals surface area (Å²) in [4.78, 5) is 26.7. The Hall–Kier alpha value is -0.420. The molecule has 0 aromatic carbocycles. The van der Waals surface area contributed by atoms with Crippen molar-refractivity contribution < 1.29 is 24.3 Å². The van der Waals surface area contributed by atoms with Crippen LogP contribution in [0.5, 0.6) is 0 Å². The summed E-state index contributed by atoms with van der Waals surface area (Å²) in [5.74, 6) is -1.06. The molecule has 0 fully saturated rings. The SMILES string of the molecule is CCN(CC(=O)O)CP(=O)(O)[OH2+]. The van der Waals surface area contributed by atoms with Crippen molar-refractivity contribution in [1.82, 2.24) is 4.90 Å². The Labute approximate surface area is 70.0 Å². The minimum Gasteiger partial charge on any atom is -0.480 e. The Morgan fingerprint density at radius 1 is 1.67 bits per heavy atom. The van der Waals surface area contributed by atoms with E-state index < -0.39 is 19.9 Å². The van der Waals surface area contributed by atoms with Gasteiger partial charge in [-0.3, -0.25) is 14.6 Å². The van der Waals surface area contributed by atoms with Gasteiger partial charge in [-0.15, -0.1) is 0 Å². The third kappa shape index (κ3) is 6.30. The average Bonchev–Trinajstić information content (AvgIpc) is 1.82. The Bertz CT molecular complexity index is 200. The molecule has 0 heterocycles. The topological polar surface area (TPSA) is 101 Å². The molecule has 1 atom stereocenters. The number of carbonyl (C=O) groups is 1. The summed E-state index contributed by atoms with van der Waals surface area (Å²) in [7, 11) is -3.88. The smallest absolute Gasteiger partial charge is 0.480 e. The molecule has 0 spiro atoms. The highest BCUT2D eigenvalue weighted by Crippen LogP contribution is 2.34. The van der Waals surface area contributed by atoms with Crippen LogP contribution in [-0.2, 0) is 9.36 Å². The van der Waals surface area contributed by atoms with Crippen molar-refractivity contribution in [2.24, 2.45) is 0 Å². The fourth-order valence-electron chi connectivity index (χ4n) is 0.724. The van der Waals surface area contributed by atoms with Crippen LogP contribution in [0.4, 0.5) is 0 Å². The van der Waals surface area contributed by atoms with E-state index in [1.54, 1.807) is 6.92 Å². The van der Waals surface area contributed by atoms with Gasteiger partial charge in [0, 0.05) is 0 Å². The van der Waals surface area contributed by atoms with Gasteiger partial charge in [0.1, 0.15) is 0 Å². The largest absolute Gasteiger partial charge is 0.484 e. The predicted octanol–water partition coefficient (Wildman–Crippen LogP) is -0.740. The lowest BCUT2D eigenvalue weighted by Gasteiger charge is -2.15. The number of aliphatic carboxylic acids is 1. The molecule has 0 aliphatic rings. The highest BCUT2D eigenvalue weighted by Gasteiger charge is 2.25. The molecule has 0 saturated heterocycles. The van der Waals surface area contributed by atoms with Crippen LogP contribution in [0.1, 0.15) is 6.92 Å². The number of carboxylic acids is 1. The summed E-state index contributed by atoms with van der Waals surface area (Å²) in [6.07, 6.45) is -0.393. The second kappa shape index (κ2) is 4.57. The van der Waals surface area contributed by atoms with Crippen molar-refractivity contribution in [3.63, 3.8) is 0 Å². The van der Waals surface area contributed by atoms with Gasteiger partial charge in [0.2, 0.25) is 0 Å². The first-order valence-electron chi connectivity index (χ1n) is 3.36. The van der Waals surface area contributed by atoms with Crippen molar-refractivity contribution in [3.05, 3.63) is 0 Å². The summed E-state index contributed by atoms with van der Waals surface area (Å²) >= 11 is 0. The van der Waals surface area contributed by atoms with Crippen LogP contribution < -0.4 is 0 Å². The normalized spacial score (nSPS) is 16.0. The zero-order valence-electron chi connectivity index (χ0n) is 6.73. The van der Waals surface area contributed by atoms with E-state index in [2.05, 4.69) is 0 Å². The van der Waals surface area contributed by atoms with E-state index in [9.17, 15) is 9.36 Å². The zero-order valence-corrected chi connectivity index (χ0v) is 7.62. The number of likely N-dealkylation sites (N-methyl/N-ethyl adjacent to an activating group) is 1. The molecule has 0 saturated carbocycles. The first-order chi connectivity index (χ1) is 5.35. The Kier molecular flexibility index (Phi) is 4.41. The summed E-state index contributed by atoms with van der Waals surface area (Å²) in [6, 6.07) is 0. The molecule has 0 bridgehead atoms. The van der Waals surface area contributed by atoms with Gasteiger partial charge in [0.25, 0.3) is 0 Å². The lowest BCUT2D eigenvalue weighted by molar-refractivity contribution is -0.138. The minimum atomic E-state index is -3.88. The van der Waals surface area contributed by atoms with Crippen molar-refractivity contribution >= 4 is 13.6 Å². The summed E-state index contributed by atoms with van der Waals surface area (Å²) in [5, 5.41) is 8.34. The van der Waals surface area contributed by atoms with Crippen LogP contribution in [0.2, 0.25) is 0 Å². The van der Waals surface area contributed by atoms with Gasteiger partial charge < -0.3 is 10.00 Å². The average molecular weight is 198 g/mol. The van der Waals surface area contributed by atoms with E-state index in [1.165, 1.54) is 4.90 Å². The fourth-order valence-corrected chi connectivity index (χ4v) is 1.57. The molecule has 0 radical (unpaired) electrons. The molecule has 72 valence electrons. The van der Waals surface area contributed by atoms with E-state index >= 15 is 0 Å². The van der Waals surface area contributed by atoms with Gasteiger partial charge in [-0.25, -0.2) is 4.57 Å². The summed E-state index contributed by atoms with van der Waals surface area (Å²) in [5.41, 5.74) is 0. The van der Waals surface area contributed by atoms with Crippen LogP contribution in [-0.4, -0.2) is 45.1 Å². The van der Waals surface area contributed by atoms with Gasteiger partial charge in [0.15, 0.2) is 6.29 Å². The number of hydrogen-bond acceptors (Lipinski definition) is 3. The molecule has 12 heavy (non-hydrogen) atoms. The molecule has 0 rings (SSSR count). The molecule has 7 heteroatoms. The molecule has 0 aromatic heterocycles. The molecule has 0 amide bonds. The molecule has 1 unspecified atom stereocenters. The number of rotatable bonds is 5. The second-order valence-electron chi connectivity index (χ2n) is 2.38. The number of nitrogens with zero attached hydrogens (tertiary/aromatic N) is 1. The van der Waals surface area contributed by atoms with Crippen molar-refractivity contribution in [2.45, 2.75) is 6.92 Å². The van der Waals surface area contributed by atoms with Crippen LogP contribution in [0.25, 0.3) is 0 Å². The molecule has 4 N–H and O–H groups in total. The van der Waals surface area contributed by atoms with Crippen molar-refractivity contribution in [2.75, 3.05) is 19.4 Å². The lowest BCUT2D eigenvalue weighted by atomic mass is 10.5. The fraction of sp³-hybridized carbons (Fsp3) is 0.800. The monoisotopic (exact) mass is 198 g/mol. The summed E-state index contributed by atoms with van der Waals surface area (Å²) in [6.45, 7) is 1.70. The van der Waals surface area contributed by atoms with E-state index in [1.807, 2.05) is 0 Å². The minimum absolute atomic E-state index is 0.306. The maximum Gasteiger partial charge on any atom is 0.484 e. The maximum atomic E-state index is 10.6. The molecule has 6 nitrogen and oxygen atoms in total. The van der Waals surface area contributed by atoms with Gasteiger partial charge >= 0.3 is 13.6 Å². The van der Waals surface area contributed by atoms with Crippen LogP contribution in [0.3, 0.4) is 0 Å². The standard InChI is InChI=1S/C5H12NO5P/c1-2-6(3-5(7)8)4-12(9,10)11/h2-4H2,1H3,(H,7,8)(H2,9,10,11)/p+1. The van der Waals surface area contributed by atoms with E-state index in [4.69, 9.17) is 14.9 Å². The van der Waals surface area contributed by atoms with E-state index in [0.717, 1.165) is 0 Å². The van der Waals surface area contributed by atoms with Crippen molar-refractivity contribution in [1.29, 1.82) is 0 Å². The van der Waals surface area contributed by atoms with Crippen LogP contribution >= 0.6 is 7.60 Å². The van der Waals surface area contributed by atoms with Crippen LogP contribution in [0.15, 0.2) is 0 Å². The molecule has 0 aliphatic carbocycles. The predicted molar refractivity (Wildman–Crippen MR) is 43.2 cm³/mol.